The molecule has 2 amide bonds. The standard InChI is InChI=1S/C13H16N2O2/c16-12(10-6-2-1-3-7-10)15-11-8-4-5-9-14-13(11)17/h1-3,6-7,11H,4-5,8-9H2,(H,14,17)(H,15,16)/t11-/m1/s1. The van der Waals surface area contributed by atoms with Crippen LogP contribution in [0.15, 0.2) is 30.3 Å². The first-order chi connectivity index (χ1) is 8.27. The second-order valence-electron chi connectivity index (χ2n) is 4.18. The maximum atomic E-state index is 11.9. The Labute approximate surface area is 100 Å². The van der Waals surface area contributed by atoms with Crippen LogP contribution in [0, 0.1) is 0 Å². The van der Waals surface area contributed by atoms with Crippen LogP contribution in [0.4, 0.5) is 0 Å². The normalized spacial score (nSPS) is 20.2. The molecule has 2 N–H and O–H groups in total. The number of hydrogen-bond acceptors (Lipinski definition) is 2. The molecule has 90 valence electrons. The first-order valence-corrected chi connectivity index (χ1v) is 5.91. The summed E-state index contributed by atoms with van der Waals surface area (Å²) in [5.74, 6) is -0.264. The lowest BCUT2D eigenvalue weighted by molar-refractivity contribution is -0.122. The Morgan fingerprint density at radius 3 is 2.76 bits per heavy atom. The van der Waals surface area contributed by atoms with Crippen LogP contribution >= 0.6 is 0 Å². The first-order valence-electron chi connectivity index (χ1n) is 5.91. The van der Waals surface area contributed by atoms with Gasteiger partial charge in [0.2, 0.25) is 5.91 Å². The maximum absolute atomic E-state index is 11.9. The molecule has 1 atom stereocenters. The summed E-state index contributed by atoms with van der Waals surface area (Å²) in [4.78, 5) is 23.5. The highest BCUT2D eigenvalue weighted by Crippen LogP contribution is 2.07. The third-order valence-corrected chi connectivity index (χ3v) is 2.88. The molecule has 17 heavy (non-hydrogen) atoms. The van der Waals surface area contributed by atoms with Crippen molar-refractivity contribution in [1.29, 1.82) is 0 Å². The van der Waals surface area contributed by atoms with Crippen LogP contribution in [0.3, 0.4) is 0 Å². The second-order valence-corrected chi connectivity index (χ2v) is 4.18. The van der Waals surface area contributed by atoms with E-state index in [2.05, 4.69) is 10.6 Å². The molecule has 1 heterocycles. The fourth-order valence-corrected chi connectivity index (χ4v) is 1.91. The Bertz CT molecular complexity index is 403. The number of benzene rings is 1. The molecule has 1 aliphatic heterocycles. The fourth-order valence-electron chi connectivity index (χ4n) is 1.91. The zero-order chi connectivity index (χ0) is 12.1. The van der Waals surface area contributed by atoms with E-state index in [0.29, 0.717) is 18.5 Å². The second kappa shape index (κ2) is 5.48. The van der Waals surface area contributed by atoms with Crippen LogP contribution in [0.1, 0.15) is 29.6 Å². The summed E-state index contributed by atoms with van der Waals surface area (Å²) in [6, 6.07) is 8.55. The van der Waals surface area contributed by atoms with Gasteiger partial charge < -0.3 is 10.6 Å². The Morgan fingerprint density at radius 2 is 2.00 bits per heavy atom. The lowest BCUT2D eigenvalue weighted by Gasteiger charge is -2.15. The summed E-state index contributed by atoms with van der Waals surface area (Å²) in [6.07, 6.45) is 2.65. The summed E-state index contributed by atoms with van der Waals surface area (Å²) in [5, 5.41) is 5.57. The number of amides is 2. The summed E-state index contributed by atoms with van der Waals surface area (Å²) < 4.78 is 0. The van der Waals surface area contributed by atoms with Crippen LogP contribution in [-0.2, 0) is 4.79 Å². The van der Waals surface area contributed by atoms with E-state index in [-0.39, 0.29) is 11.8 Å². The number of carbonyl (C=O) groups excluding carboxylic acids is 2. The van der Waals surface area contributed by atoms with Gasteiger partial charge in [0.25, 0.3) is 5.91 Å². The molecule has 1 aliphatic rings. The van der Waals surface area contributed by atoms with E-state index in [0.717, 1.165) is 12.8 Å². The number of rotatable bonds is 2. The molecular formula is C13H16N2O2. The van der Waals surface area contributed by atoms with Crippen LogP contribution in [0.25, 0.3) is 0 Å². The van der Waals surface area contributed by atoms with Gasteiger partial charge in [-0.3, -0.25) is 9.59 Å². The zero-order valence-corrected chi connectivity index (χ0v) is 9.61. The van der Waals surface area contributed by atoms with E-state index < -0.39 is 6.04 Å². The molecule has 0 saturated carbocycles. The molecule has 1 fully saturated rings. The summed E-state index contributed by atoms with van der Waals surface area (Å²) >= 11 is 0. The van der Waals surface area contributed by atoms with E-state index in [4.69, 9.17) is 0 Å². The highest BCUT2D eigenvalue weighted by Gasteiger charge is 2.22. The fraction of sp³-hybridized carbons (Fsp3) is 0.385. The van der Waals surface area contributed by atoms with E-state index in [1.807, 2.05) is 18.2 Å². The molecule has 0 unspecified atom stereocenters. The van der Waals surface area contributed by atoms with Crippen molar-refractivity contribution < 1.29 is 9.59 Å². The molecular weight excluding hydrogens is 216 g/mol. The quantitative estimate of drug-likeness (QED) is 0.801. The molecule has 4 heteroatoms. The minimum absolute atomic E-state index is 0.0771. The van der Waals surface area contributed by atoms with Crippen molar-refractivity contribution >= 4 is 11.8 Å². The van der Waals surface area contributed by atoms with Crippen molar-refractivity contribution in [2.24, 2.45) is 0 Å². The van der Waals surface area contributed by atoms with E-state index in [9.17, 15) is 9.59 Å². The van der Waals surface area contributed by atoms with Crippen molar-refractivity contribution in [3.05, 3.63) is 35.9 Å². The average molecular weight is 232 g/mol. The Kier molecular flexibility index (Phi) is 3.75. The minimum Gasteiger partial charge on any atom is -0.354 e. The maximum Gasteiger partial charge on any atom is 0.251 e. The van der Waals surface area contributed by atoms with Crippen LogP contribution in [0.2, 0.25) is 0 Å². The molecule has 2 rings (SSSR count). The molecule has 0 aliphatic carbocycles. The minimum atomic E-state index is -0.398. The van der Waals surface area contributed by atoms with Crippen LogP contribution < -0.4 is 10.6 Å². The molecule has 1 saturated heterocycles. The van der Waals surface area contributed by atoms with Crippen molar-refractivity contribution in [1.82, 2.24) is 10.6 Å². The Balaban J connectivity index is 2.00. The zero-order valence-electron chi connectivity index (χ0n) is 9.61. The molecule has 1 aromatic rings. The highest BCUT2D eigenvalue weighted by atomic mass is 16.2. The van der Waals surface area contributed by atoms with E-state index in [1.54, 1.807) is 12.1 Å². The SMILES string of the molecule is O=C(N[C@@H]1CCCCNC1=O)c1ccccc1. The van der Waals surface area contributed by atoms with Crippen molar-refractivity contribution in [2.45, 2.75) is 25.3 Å². The number of hydrogen-bond donors (Lipinski definition) is 2. The van der Waals surface area contributed by atoms with Crippen molar-refractivity contribution in [3.63, 3.8) is 0 Å². The molecule has 0 spiro atoms. The largest absolute Gasteiger partial charge is 0.354 e. The molecule has 0 radical (unpaired) electrons. The summed E-state index contributed by atoms with van der Waals surface area (Å²) in [6.45, 7) is 0.705. The van der Waals surface area contributed by atoms with Gasteiger partial charge in [-0.15, -0.1) is 0 Å². The Morgan fingerprint density at radius 1 is 1.24 bits per heavy atom. The Hall–Kier alpha value is -1.84. The van der Waals surface area contributed by atoms with Gasteiger partial charge in [0.15, 0.2) is 0 Å². The van der Waals surface area contributed by atoms with Gasteiger partial charge >= 0.3 is 0 Å². The van der Waals surface area contributed by atoms with Gasteiger partial charge in [-0.2, -0.15) is 0 Å². The van der Waals surface area contributed by atoms with Gasteiger partial charge in [-0.1, -0.05) is 18.2 Å². The van der Waals surface area contributed by atoms with Crippen molar-refractivity contribution in [3.8, 4) is 0 Å². The first kappa shape index (κ1) is 11.6. The molecule has 0 aromatic heterocycles. The lowest BCUT2D eigenvalue weighted by atomic mass is 10.1. The number of nitrogens with one attached hydrogen (secondary N) is 2. The van der Waals surface area contributed by atoms with E-state index in [1.165, 1.54) is 0 Å². The third kappa shape index (κ3) is 3.06. The molecule has 0 bridgehead atoms. The van der Waals surface area contributed by atoms with Gasteiger partial charge in [0, 0.05) is 12.1 Å². The lowest BCUT2D eigenvalue weighted by Crippen LogP contribution is -2.45. The predicted molar refractivity (Wildman–Crippen MR) is 64.6 cm³/mol. The average Bonchev–Trinajstić information content (AvgIpc) is 2.56. The smallest absolute Gasteiger partial charge is 0.251 e. The predicted octanol–water partition coefficient (Wildman–Crippen LogP) is 1.09. The summed E-state index contributed by atoms with van der Waals surface area (Å²) in [7, 11) is 0. The molecule has 4 nitrogen and oxygen atoms in total. The van der Waals surface area contributed by atoms with Gasteiger partial charge in [0.1, 0.15) is 6.04 Å². The van der Waals surface area contributed by atoms with Gasteiger partial charge in [-0.05, 0) is 31.4 Å². The summed E-state index contributed by atoms with van der Waals surface area (Å²) in [5.41, 5.74) is 0.588. The van der Waals surface area contributed by atoms with Crippen LogP contribution in [-0.4, -0.2) is 24.4 Å². The number of carbonyl (C=O) groups is 2. The van der Waals surface area contributed by atoms with Gasteiger partial charge in [-0.25, -0.2) is 0 Å². The third-order valence-electron chi connectivity index (χ3n) is 2.88. The highest BCUT2D eigenvalue weighted by molar-refractivity contribution is 5.97. The van der Waals surface area contributed by atoms with E-state index >= 15 is 0 Å². The van der Waals surface area contributed by atoms with Gasteiger partial charge in [0.05, 0.1) is 0 Å². The monoisotopic (exact) mass is 232 g/mol. The topological polar surface area (TPSA) is 58.2 Å². The molecule has 1 aromatic carbocycles. The van der Waals surface area contributed by atoms with Crippen molar-refractivity contribution in [2.75, 3.05) is 6.54 Å². The van der Waals surface area contributed by atoms with Crippen LogP contribution in [0.5, 0.6) is 0 Å².